The minimum absolute atomic E-state index is 0.0927. The van der Waals surface area contributed by atoms with Gasteiger partial charge in [-0.1, -0.05) is 18.2 Å². The number of nitrogens with one attached hydrogen (secondary N) is 1. The fraction of sp³-hybridized carbons (Fsp3) is 0.312. The van der Waals surface area contributed by atoms with E-state index >= 15 is 0 Å². The Morgan fingerprint density at radius 3 is 2.72 bits per heavy atom. The molecule has 0 aromatic heterocycles. The molecule has 0 saturated carbocycles. The van der Waals surface area contributed by atoms with Crippen LogP contribution in [0.3, 0.4) is 0 Å². The summed E-state index contributed by atoms with van der Waals surface area (Å²) in [6.07, 6.45) is 3.64. The van der Waals surface area contributed by atoms with Crippen LogP contribution in [0.15, 0.2) is 52.0 Å². The minimum Gasteiger partial charge on any atom is -0.271 e. The van der Waals surface area contributed by atoms with Gasteiger partial charge in [-0.25, -0.2) is 13.6 Å². The first-order valence-corrected chi connectivity index (χ1v) is 9.10. The number of hydrogen-bond acceptors (Lipinski definition) is 6. The molecule has 1 aliphatic carbocycles. The first kappa shape index (κ1) is 18.8. The molecule has 1 aliphatic rings. The maximum absolute atomic E-state index is 11.4. The summed E-state index contributed by atoms with van der Waals surface area (Å²) < 4.78 is 22.7. The molecule has 0 amide bonds. The van der Waals surface area contributed by atoms with Crippen molar-refractivity contribution in [2.24, 2.45) is 16.2 Å². The molecule has 0 fully saturated rings. The number of rotatable bonds is 5. The van der Waals surface area contributed by atoms with Crippen LogP contribution in [0, 0.1) is 16.0 Å². The molecule has 134 valence electrons. The van der Waals surface area contributed by atoms with Crippen LogP contribution >= 0.6 is 0 Å². The van der Waals surface area contributed by atoms with Gasteiger partial charge in [0.2, 0.25) is 10.0 Å². The van der Waals surface area contributed by atoms with Crippen molar-refractivity contribution in [3.63, 3.8) is 0 Å². The highest BCUT2D eigenvalue weighted by atomic mass is 32.2. The fourth-order valence-electron chi connectivity index (χ4n) is 2.49. The van der Waals surface area contributed by atoms with E-state index < -0.39 is 20.6 Å². The molecule has 1 aromatic carbocycles. The number of nitro groups is 1. The van der Waals surface area contributed by atoms with Gasteiger partial charge in [-0.05, 0) is 50.3 Å². The van der Waals surface area contributed by atoms with Crippen LogP contribution in [-0.4, -0.2) is 19.1 Å². The number of hydrogen-bond donors (Lipinski definition) is 2. The third kappa shape index (κ3) is 4.52. The van der Waals surface area contributed by atoms with Crippen molar-refractivity contribution in [3.8, 4) is 0 Å². The number of hydrazone groups is 1. The van der Waals surface area contributed by atoms with Gasteiger partial charge in [-0.3, -0.25) is 15.5 Å². The van der Waals surface area contributed by atoms with E-state index in [0.29, 0.717) is 6.42 Å². The number of nitrogens with two attached hydrogens (primary N) is 1. The predicted molar refractivity (Wildman–Crippen MR) is 96.8 cm³/mol. The third-order valence-corrected chi connectivity index (χ3v) is 5.02. The van der Waals surface area contributed by atoms with Crippen molar-refractivity contribution < 1.29 is 13.3 Å². The van der Waals surface area contributed by atoms with E-state index in [-0.39, 0.29) is 16.5 Å². The molecule has 0 unspecified atom stereocenters. The maximum Gasteiger partial charge on any atom is 0.295 e. The second kappa shape index (κ2) is 7.16. The highest BCUT2D eigenvalue weighted by Gasteiger charge is 2.21. The van der Waals surface area contributed by atoms with Crippen molar-refractivity contribution in [2.75, 3.05) is 5.43 Å². The molecule has 0 heterocycles. The summed E-state index contributed by atoms with van der Waals surface area (Å²) >= 11 is 0. The number of anilines is 1. The molecule has 3 N–H and O–H groups in total. The second-order valence-electron chi connectivity index (χ2n) is 6.02. The standard InChI is InChI=1S/C16H20N4O4S/c1-10(2)12-5-4-11(3)15(8-12)19-18-14-7-6-13(25(17,23)24)9-16(14)20(21)22/h4,6-7,9,12,18H,1,5,8H2,2-3H3,(H2,17,23,24)/t12-/m1/s1. The zero-order valence-corrected chi connectivity index (χ0v) is 14.8. The molecule has 0 saturated heterocycles. The van der Waals surface area contributed by atoms with Crippen molar-refractivity contribution >= 4 is 27.1 Å². The number of nitrogens with zero attached hydrogens (tertiary/aromatic N) is 2. The van der Waals surface area contributed by atoms with Gasteiger partial charge in [0.15, 0.2) is 0 Å². The van der Waals surface area contributed by atoms with Crippen LogP contribution in [0.5, 0.6) is 0 Å². The van der Waals surface area contributed by atoms with E-state index in [4.69, 9.17) is 5.14 Å². The second-order valence-corrected chi connectivity index (χ2v) is 7.58. The highest BCUT2D eigenvalue weighted by Crippen LogP contribution is 2.29. The Balaban J connectivity index is 2.34. The lowest BCUT2D eigenvalue weighted by molar-refractivity contribution is -0.384. The van der Waals surface area contributed by atoms with E-state index in [1.54, 1.807) is 0 Å². The Morgan fingerprint density at radius 1 is 1.48 bits per heavy atom. The average molecular weight is 364 g/mol. The molecule has 0 aliphatic heterocycles. The lowest BCUT2D eigenvalue weighted by Gasteiger charge is -2.22. The van der Waals surface area contributed by atoms with Gasteiger partial charge in [-0.15, -0.1) is 0 Å². The van der Waals surface area contributed by atoms with E-state index in [9.17, 15) is 18.5 Å². The van der Waals surface area contributed by atoms with Crippen molar-refractivity contribution in [1.29, 1.82) is 0 Å². The lowest BCUT2D eigenvalue weighted by Crippen LogP contribution is -2.17. The molecule has 0 spiro atoms. The van der Waals surface area contributed by atoms with E-state index in [2.05, 4.69) is 23.2 Å². The largest absolute Gasteiger partial charge is 0.295 e. The molecule has 2 rings (SSSR count). The smallest absolute Gasteiger partial charge is 0.271 e. The Labute approximate surface area is 146 Å². The zero-order valence-electron chi connectivity index (χ0n) is 14.0. The van der Waals surface area contributed by atoms with E-state index in [0.717, 1.165) is 29.3 Å². The Hall–Kier alpha value is -2.52. The molecule has 25 heavy (non-hydrogen) atoms. The summed E-state index contributed by atoms with van der Waals surface area (Å²) in [6.45, 7) is 7.85. The molecule has 1 atom stereocenters. The zero-order chi connectivity index (χ0) is 18.8. The van der Waals surface area contributed by atoms with Crippen LogP contribution in [0.25, 0.3) is 0 Å². The topological polar surface area (TPSA) is 128 Å². The summed E-state index contributed by atoms with van der Waals surface area (Å²) in [7, 11) is -4.02. The highest BCUT2D eigenvalue weighted by molar-refractivity contribution is 7.89. The first-order valence-electron chi connectivity index (χ1n) is 7.56. The van der Waals surface area contributed by atoms with Crippen LogP contribution in [0.4, 0.5) is 11.4 Å². The maximum atomic E-state index is 11.4. The van der Waals surface area contributed by atoms with E-state index in [1.807, 2.05) is 13.8 Å². The average Bonchev–Trinajstić information content (AvgIpc) is 2.52. The van der Waals surface area contributed by atoms with Crippen LogP contribution in [0.2, 0.25) is 0 Å². The van der Waals surface area contributed by atoms with Crippen LogP contribution in [-0.2, 0) is 10.0 Å². The Kier molecular flexibility index (Phi) is 5.39. The molecule has 8 nitrogen and oxygen atoms in total. The van der Waals surface area contributed by atoms with Gasteiger partial charge in [-0.2, -0.15) is 5.10 Å². The normalized spacial score (nSPS) is 19.4. The quantitative estimate of drug-likeness (QED) is 0.471. The SMILES string of the molecule is C=C(C)[C@@H]1CC=C(C)C(=NNc2ccc(S(N)(=O)=O)cc2[N+](=O)[O-])C1. The summed E-state index contributed by atoms with van der Waals surface area (Å²) in [5.74, 6) is 0.281. The lowest BCUT2D eigenvalue weighted by atomic mass is 9.85. The summed E-state index contributed by atoms with van der Waals surface area (Å²) in [4.78, 5) is 10.2. The molecular weight excluding hydrogens is 344 g/mol. The molecular formula is C16H20N4O4S. The summed E-state index contributed by atoms with van der Waals surface area (Å²) in [6, 6.07) is 3.39. The van der Waals surface area contributed by atoms with Gasteiger partial charge >= 0.3 is 0 Å². The molecule has 1 aromatic rings. The number of primary sulfonamides is 1. The fourth-order valence-corrected chi connectivity index (χ4v) is 3.02. The van der Waals surface area contributed by atoms with E-state index in [1.165, 1.54) is 12.1 Å². The molecule has 9 heteroatoms. The molecule has 0 bridgehead atoms. The first-order chi connectivity index (χ1) is 11.6. The summed E-state index contributed by atoms with van der Waals surface area (Å²) in [5.41, 5.74) is 5.18. The van der Waals surface area contributed by atoms with Crippen LogP contribution < -0.4 is 10.6 Å². The van der Waals surface area contributed by atoms with Gasteiger partial charge in [0, 0.05) is 6.07 Å². The number of allylic oxidation sites excluding steroid dienone is 3. The van der Waals surface area contributed by atoms with Gasteiger partial charge in [0.1, 0.15) is 5.69 Å². The van der Waals surface area contributed by atoms with Crippen molar-refractivity contribution in [1.82, 2.24) is 0 Å². The predicted octanol–water partition coefficient (Wildman–Crippen LogP) is 2.94. The van der Waals surface area contributed by atoms with Gasteiger partial charge < -0.3 is 0 Å². The number of sulfonamides is 1. The van der Waals surface area contributed by atoms with Crippen LogP contribution in [0.1, 0.15) is 26.7 Å². The Bertz CT molecular complexity index is 887. The monoisotopic (exact) mass is 364 g/mol. The summed E-state index contributed by atoms with van der Waals surface area (Å²) in [5, 5.41) is 20.5. The number of nitro benzene ring substituents is 1. The third-order valence-electron chi connectivity index (χ3n) is 4.11. The number of benzene rings is 1. The minimum atomic E-state index is -4.02. The van der Waals surface area contributed by atoms with Gasteiger partial charge in [0.25, 0.3) is 5.69 Å². The Morgan fingerprint density at radius 2 is 2.16 bits per heavy atom. The van der Waals surface area contributed by atoms with Gasteiger partial charge in [0.05, 0.1) is 15.5 Å². The van der Waals surface area contributed by atoms with Crippen molar-refractivity contribution in [2.45, 2.75) is 31.6 Å². The molecule has 0 radical (unpaired) electrons. The van der Waals surface area contributed by atoms with Crippen molar-refractivity contribution in [3.05, 3.63) is 52.1 Å².